The van der Waals surface area contributed by atoms with E-state index >= 15 is 0 Å². The van der Waals surface area contributed by atoms with E-state index in [9.17, 15) is 26.3 Å². The first kappa shape index (κ1) is 15.9. The summed E-state index contributed by atoms with van der Waals surface area (Å²) in [6, 6.07) is 5.05. The summed E-state index contributed by atoms with van der Waals surface area (Å²) < 4.78 is 80.0. The highest BCUT2D eigenvalue weighted by molar-refractivity contribution is 5.81. The molecule has 0 bridgehead atoms. The highest BCUT2D eigenvalue weighted by Gasteiger charge is 2.37. The molecule has 0 saturated carbocycles. The van der Waals surface area contributed by atoms with Crippen molar-refractivity contribution in [2.24, 2.45) is 0 Å². The van der Waals surface area contributed by atoms with Crippen LogP contribution in [0.1, 0.15) is 5.56 Å². The molecule has 0 atom stereocenters. The largest absolute Gasteiger partial charge is 0.573 e. The lowest BCUT2D eigenvalue weighted by atomic mass is 9.99. The van der Waals surface area contributed by atoms with E-state index in [-0.39, 0.29) is 0 Å². The van der Waals surface area contributed by atoms with E-state index in [2.05, 4.69) is 9.72 Å². The molecule has 22 heavy (non-hydrogen) atoms. The minimum absolute atomic E-state index is 0.447. The molecule has 0 aliphatic heterocycles. The van der Waals surface area contributed by atoms with Gasteiger partial charge in [-0.05, 0) is 12.1 Å². The Morgan fingerprint density at radius 3 is 2.18 bits per heavy atom. The van der Waals surface area contributed by atoms with Crippen LogP contribution in [-0.2, 0) is 6.18 Å². The average molecular weight is 322 g/mol. The van der Waals surface area contributed by atoms with E-state index in [0.717, 1.165) is 18.3 Å². The number of nitrogen functional groups attached to an aromatic ring is 1. The first-order valence-corrected chi connectivity index (χ1v) is 5.76. The van der Waals surface area contributed by atoms with Crippen LogP contribution in [-0.4, -0.2) is 11.3 Å². The molecule has 0 radical (unpaired) electrons. The molecule has 1 aromatic carbocycles. The van der Waals surface area contributed by atoms with Crippen LogP contribution in [0, 0.1) is 0 Å². The van der Waals surface area contributed by atoms with Gasteiger partial charge >= 0.3 is 12.5 Å². The number of halogens is 6. The third kappa shape index (κ3) is 3.41. The number of anilines is 1. The van der Waals surface area contributed by atoms with Gasteiger partial charge in [0.05, 0.1) is 5.56 Å². The molecule has 2 N–H and O–H groups in total. The highest BCUT2D eigenvalue weighted by atomic mass is 19.4. The Hall–Kier alpha value is -2.45. The maximum atomic E-state index is 13.0. The summed E-state index contributed by atoms with van der Waals surface area (Å²) in [5, 5.41) is 0. The Balaban J connectivity index is 2.68. The number of para-hydroxylation sites is 1. The van der Waals surface area contributed by atoms with Crippen molar-refractivity contribution in [2.75, 3.05) is 5.73 Å². The fraction of sp³-hybridized carbons (Fsp3) is 0.154. The Morgan fingerprint density at radius 2 is 1.59 bits per heavy atom. The van der Waals surface area contributed by atoms with Crippen LogP contribution >= 0.6 is 0 Å². The summed E-state index contributed by atoms with van der Waals surface area (Å²) in [5.41, 5.74) is 3.13. The number of ether oxygens (including phenoxy) is 1. The first-order valence-electron chi connectivity index (χ1n) is 5.76. The molecule has 0 aliphatic carbocycles. The zero-order valence-corrected chi connectivity index (χ0v) is 10.7. The van der Waals surface area contributed by atoms with Crippen molar-refractivity contribution >= 4 is 5.82 Å². The van der Waals surface area contributed by atoms with E-state index in [1.807, 2.05) is 0 Å². The summed E-state index contributed by atoms with van der Waals surface area (Å²) in [7, 11) is 0. The number of nitrogens with two attached hydrogens (primary N) is 1. The number of benzene rings is 1. The third-order valence-corrected chi connectivity index (χ3v) is 2.67. The maximum absolute atomic E-state index is 13.0. The van der Waals surface area contributed by atoms with Gasteiger partial charge in [0, 0.05) is 17.3 Å². The lowest BCUT2D eigenvalue weighted by molar-refractivity contribution is -0.274. The Kier molecular flexibility index (Phi) is 3.90. The van der Waals surface area contributed by atoms with Crippen molar-refractivity contribution in [3.8, 4) is 16.9 Å². The Bertz CT molecular complexity index is 681. The molecular weight excluding hydrogens is 314 g/mol. The molecule has 1 aromatic heterocycles. The van der Waals surface area contributed by atoms with Crippen LogP contribution in [0.3, 0.4) is 0 Å². The van der Waals surface area contributed by atoms with Crippen LogP contribution in [0.5, 0.6) is 5.75 Å². The Labute approximate surface area is 120 Å². The summed E-state index contributed by atoms with van der Waals surface area (Å²) >= 11 is 0. The molecule has 2 aromatic rings. The lowest BCUT2D eigenvalue weighted by Crippen LogP contribution is -2.18. The van der Waals surface area contributed by atoms with E-state index in [1.165, 1.54) is 12.1 Å². The predicted octanol–water partition coefficient (Wildman–Crippen LogP) is 4.25. The molecule has 3 nitrogen and oxygen atoms in total. The van der Waals surface area contributed by atoms with Crippen molar-refractivity contribution in [1.82, 2.24) is 4.98 Å². The number of aromatic nitrogens is 1. The summed E-state index contributed by atoms with van der Waals surface area (Å²) in [4.78, 5) is 3.51. The minimum Gasteiger partial charge on any atom is -0.405 e. The SMILES string of the molecule is Nc1nccc(C(F)(F)F)c1-c1ccccc1OC(F)(F)F. The number of pyridine rings is 1. The van der Waals surface area contributed by atoms with E-state index in [1.54, 1.807) is 0 Å². The van der Waals surface area contributed by atoms with Gasteiger partial charge in [-0.2, -0.15) is 13.2 Å². The van der Waals surface area contributed by atoms with Crippen molar-refractivity contribution in [1.29, 1.82) is 0 Å². The maximum Gasteiger partial charge on any atom is 0.573 e. The molecule has 9 heteroatoms. The van der Waals surface area contributed by atoms with E-state index in [0.29, 0.717) is 6.07 Å². The summed E-state index contributed by atoms with van der Waals surface area (Å²) in [5.74, 6) is -1.34. The number of hydrogen-bond donors (Lipinski definition) is 1. The number of alkyl halides is 6. The standard InChI is InChI=1S/C13H8F6N2O/c14-12(15,16)8-5-6-21-11(20)10(8)7-3-1-2-4-9(7)22-13(17,18)19/h1-6H,(H2,20,21). The summed E-state index contributed by atoms with van der Waals surface area (Å²) in [6.07, 6.45) is -9.03. The van der Waals surface area contributed by atoms with Crippen LogP contribution in [0.4, 0.5) is 32.2 Å². The molecule has 2 rings (SSSR count). The molecule has 0 aliphatic rings. The second-order valence-electron chi connectivity index (χ2n) is 4.16. The predicted molar refractivity (Wildman–Crippen MR) is 65.8 cm³/mol. The van der Waals surface area contributed by atoms with Crippen molar-refractivity contribution < 1.29 is 31.1 Å². The third-order valence-electron chi connectivity index (χ3n) is 2.67. The molecule has 118 valence electrons. The molecule has 1 heterocycles. The lowest BCUT2D eigenvalue weighted by Gasteiger charge is -2.18. The van der Waals surface area contributed by atoms with Crippen LogP contribution in [0.25, 0.3) is 11.1 Å². The normalized spacial score (nSPS) is 12.3. The van der Waals surface area contributed by atoms with Gasteiger partial charge in [0.15, 0.2) is 0 Å². The number of hydrogen-bond acceptors (Lipinski definition) is 3. The Morgan fingerprint density at radius 1 is 0.955 bits per heavy atom. The molecule has 0 amide bonds. The fourth-order valence-corrected chi connectivity index (χ4v) is 1.88. The topological polar surface area (TPSA) is 48.1 Å². The van der Waals surface area contributed by atoms with E-state index < -0.39 is 40.8 Å². The van der Waals surface area contributed by atoms with Gasteiger partial charge < -0.3 is 10.5 Å². The second kappa shape index (κ2) is 5.39. The van der Waals surface area contributed by atoms with Gasteiger partial charge in [-0.1, -0.05) is 18.2 Å². The van der Waals surface area contributed by atoms with Gasteiger partial charge in [0.2, 0.25) is 0 Å². The van der Waals surface area contributed by atoms with Crippen molar-refractivity contribution in [3.05, 3.63) is 42.1 Å². The van der Waals surface area contributed by atoms with E-state index in [4.69, 9.17) is 5.73 Å². The highest BCUT2D eigenvalue weighted by Crippen LogP contribution is 2.43. The van der Waals surface area contributed by atoms with Crippen LogP contribution in [0.15, 0.2) is 36.5 Å². The second-order valence-corrected chi connectivity index (χ2v) is 4.16. The minimum atomic E-state index is -5.05. The van der Waals surface area contributed by atoms with Gasteiger partial charge in [-0.25, -0.2) is 4.98 Å². The zero-order chi connectivity index (χ0) is 16.5. The van der Waals surface area contributed by atoms with Gasteiger partial charge in [-0.3, -0.25) is 0 Å². The monoisotopic (exact) mass is 322 g/mol. The van der Waals surface area contributed by atoms with Gasteiger partial charge in [0.25, 0.3) is 0 Å². The summed E-state index contributed by atoms with van der Waals surface area (Å²) in [6.45, 7) is 0. The van der Waals surface area contributed by atoms with Gasteiger partial charge in [-0.15, -0.1) is 13.2 Å². The molecule has 0 spiro atoms. The van der Waals surface area contributed by atoms with Crippen LogP contribution < -0.4 is 10.5 Å². The van der Waals surface area contributed by atoms with Crippen molar-refractivity contribution in [3.63, 3.8) is 0 Å². The average Bonchev–Trinajstić information content (AvgIpc) is 2.36. The smallest absolute Gasteiger partial charge is 0.405 e. The van der Waals surface area contributed by atoms with Gasteiger partial charge in [0.1, 0.15) is 11.6 Å². The molecule has 0 fully saturated rings. The number of rotatable bonds is 2. The number of nitrogens with zero attached hydrogens (tertiary/aromatic N) is 1. The quantitative estimate of drug-likeness (QED) is 0.841. The zero-order valence-electron chi connectivity index (χ0n) is 10.7. The molecule has 0 saturated heterocycles. The van der Waals surface area contributed by atoms with Crippen LogP contribution in [0.2, 0.25) is 0 Å². The molecular formula is C13H8F6N2O. The first-order chi connectivity index (χ1) is 10.1. The fourth-order valence-electron chi connectivity index (χ4n) is 1.88. The molecule has 0 unspecified atom stereocenters. The van der Waals surface area contributed by atoms with Crippen molar-refractivity contribution in [2.45, 2.75) is 12.5 Å².